The van der Waals surface area contributed by atoms with Crippen LogP contribution in [0.1, 0.15) is 0 Å². The first-order chi connectivity index (χ1) is 0. The van der Waals surface area contributed by atoms with E-state index in [1.54, 1.807) is 0 Å². The van der Waals surface area contributed by atoms with Gasteiger partial charge in [-0.2, -0.15) is 0 Å². The van der Waals surface area contributed by atoms with Gasteiger partial charge in [-0.15, -0.1) is 0 Å². The Balaban J connectivity index is 0. The fraction of sp³-hybridized carbons (Fsp3) is 0. The Morgan fingerprint density at radius 2 is 1.00 bits per heavy atom. The van der Waals surface area contributed by atoms with Crippen LogP contribution in [0.15, 0.2) is 0 Å². The van der Waals surface area contributed by atoms with Crippen LogP contribution in [-0.2, 0) is 36.5 Å². The quantitative estimate of drug-likeness (QED) is 0.401. The summed E-state index contributed by atoms with van der Waals surface area (Å²) in [6.45, 7) is 0. The second-order valence-electron chi connectivity index (χ2n) is 0. The van der Waals surface area contributed by atoms with Crippen LogP contribution in [0, 0.1) is 0 Å². The number of hydrogen-bond acceptors (Lipinski definition) is 0. The van der Waals surface area contributed by atoms with Gasteiger partial charge >= 0.3 is 60.8 Å². The molecule has 0 aliphatic rings. The van der Waals surface area contributed by atoms with Crippen molar-refractivity contribution in [3.05, 3.63) is 0 Å². The van der Waals surface area contributed by atoms with Gasteiger partial charge in [-0.05, 0) is 0 Å². The Hall–Kier alpha value is 3.17. The maximum atomic E-state index is 0. The molecule has 0 saturated heterocycles. The average molecular weight is 197 g/mol. The molecule has 0 saturated carbocycles. The van der Waals surface area contributed by atoms with Crippen molar-refractivity contribution in [2.45, 2.75) is 0 Å². The second kappa shape index (κ2) is 16.4. The van der Waals surface area contributed by atoms with Crippen molar-refractivity contribution >= 4 is 60.8 Å². The van der Waals surface area contributed by atoms with E-state index in [2.05, 4.69) is 0 Å². The van der Waals surface area contributed by atoms with Gasteiger partial charge in [0.25, 0.3) is 0 Å². The molecule has 0 aromatic heterocycles. The van der Waals surface area contributed by atoms with Gasteiger partial charge in [0.2, 0.25) is 0 Å². The third kappa shape index (κ3) is 8.95. The molecule has 0 spiro atoms. The van der Waals surface area contributed by atoms with E-state index >= 15 is 0 Å². The van der Waals surface area contributed by atoms with Gasteiger partial charge in [0.15, 0.2) is 0 Å². The van der Waals surface area contributed by atoms with Crippen LogP contribution >= 0.6 is 0 Å². The predicted octanol–water partition coefficient (Wildman–Crippen LogP) is -1.84. The molecule has 1 radical (unpaired) electrons. The van der Waals surface area contributed by atoms with E-state index in [1.807, 2.05) is 0 Å². The van der Waals surface area contributed by atoms with Crippen molar-refractivity contribution in [2.24, 2.45) is 0 Å². The zero-order valence-electron chi connectivity index (χ0n) is 1.01. The Kier molecular flexibility index (Phi) is 111. The Morgan fingerprint density at radius 3 is 1.00 bits per heavy atom. The van der Waals surface area contributed by atoms with Crippen molar-refractivity contribution in [1.82, 2.24) is 0 Å². The van der Waals surface area contributed by atoms with Crippen molar-refractivity contribution in [1.29, 1.82) is 0 Å². The zero-order chi connectivity index (χ0) is 0. The third-order valence-corrected chi connectivity index (χ3v) is 0. The Bertz CT molecular complexity index is 8.00. The van der Waals surface area contributed by atoms with E-state index in [0.717, 1.165) is 0 Å². The summed E-state index contributed by atoms with van der Waals surface area (Å²) < 4.78 is 0. The van der Waals surface area contributed by atoms with Crippen LogP contribution in [0.25, 0.3) is 0 Å². The van der Waals surface area contributed by atoms with Crippen molar-refractivity contribution in [2.75, 3.05) is 0 Å². The van der Waals surface area contributed by atoms with Crippen molar-refractivity contribution in [3.8, 4) is 0 Å². The van der Waals surface area contributed by atoms with E-state index < -0.39 is 0 Å². The van der Waals surface area contributed by atoms with Crippen LogP contribution in [0.2, 0.25) is 0 Å². The summed E-state index contributed by atoms with van der Waals surface area (Å²) in [4.78, 5) is 0. The summed E-state index contributed by atoms with van der Waals surface area (Å²) in [5, 5.41) is 0. The molecule has 21 valence electrons. The molecule has 0 fully saturated rings. The maximum absolute atomic E-state index is 0. The van der Waals surface area contributed by atoms with E-state index in [9.17, 15) is 0 Å². The van der Waals surface area contributed by atoms with Gasteiger partial charge in [-0.1, -0.05) is 0 Å². The van der Waals surface area contributed by atoms with Gasteiger partial charge in [0.1, 0.15) is 0 Å². The topological polar surface area (TPSA) is 0 Å². The molecular weight excluding hydrogens is 193 g/mol. The minimum atomic E-state index is 0. The molecule has 0 bridgehead atoms. The third-order valence-electron chi connectivity index (χ3n) is 0. The number of hydrogen-bond donors (Lipinski definition) is 0. The van der Waals surface area contributed by atoms with E-state index in [1.165, 1.54) is 0 Å². The first-order valence-electron chi connectivity index (χ1n) is 0. The SMILES string of the molecule is [CaH2].[Cu].[MgH2].[Zn]. The zero-order valence-corrected chi connectivity index (χ0v) is 4.92. The van der Waals surface area contributed by atoms with Crippen LogP contribution in [0.4, 0.5) is 0 Å². The van der Waals surface area contributed by atoms with Crippen LogP contribution in [0.3, 0.4) is 0 Å². The second-order valence-corrected chi connectivity index (χ2v) is 0. The molecule has 0 N–H and O–H groups in total. The molecule has 0 heterocycles. The molecule has 0 aromatic carbocycles. The summed E-state index contributed by atoms with van der Waals surface area (Å²) in [6, 6.07) is 0. The minimum Gasteiger partial charge on any atom is 0 e. The van der Waals surface area contributed by atoms with E-state index in [-0.39, 0.29) is 97.3 Å². The molecule has 0 amide bonds. The fourth-order valence-corrected chi connectivity index (χ4v) is 0. The molecule has 0 aliphatic heterocycles. The summed E-state index contributed by atoms with van der Waals surface area (Å²) in [5.41, 5.74) is 0. The molecule has 0 rings (SSSR count). The molecule has 4 heavy (non-hydrogen) atoms. The smallest absolute Gasteiger partial charge is 0 e. The molecule has 0 unspecified atom stereocenters. The predicted molar refractivity (Wildman–Crippen MR) is 17.1 cm³/mol. The van der Waals surface area contributed by atoms with Gasteiger partial charge in [0, 0.05) is 36.5 Å². The summed E-state index contributed by atoms with van der Waals surface area (Å²) in [6.07, 6.45) is 0. The standard InChI is InChI=1S/Ca.Cu.Mg.Zn.4H. The molecule has 0 nitrogen and oxygen atoms in total. The van der Waals surface area contributed by atoms with Crippen molar-refractivity contribution < 1.29 is 36.5 Å². The minimum absolute atomic E-state index is 0. The van der Waals surface area contributed by atoms with Crippen LogP contribution in [0.5, 0.6) is 0 Å². The Morgan fingerprint density at radius 1 is 1.00 bits per heavy atom. The van der Waals surface area contributed by atoms with Gasteiger partial charge in [-0.25, -0.2) is 0 Å². The van der Waals surface area contributed by atoms with E-state index in [4.69, 9.17) is 0 Å². The van der Waals surface area contributed by atoms with Gasteiger partial charge < -0.3 is 0 Å². The summed E-state index contributed by atoms with van der Waals surface area (Å²) >= 11 is 0. The van der Waals surface area contributed by atoms with E-state index in [0.29, 0.717) is 0 Å². The first kappa shape index (κ1) is 27.2. The number of rotatable bonds is 0. The van der Waals surface area contributed by atoms with Crippen LogP contribution in [-0.4, -0.2) is 60.8 Å². The van der Waals surface area contributed by atoms with Crippen LogP contribution < -0.4 is 0 Å². The largest absolute Gasteiger partial charge is 0.316 e. The Labute approximate surface area is 95.2 Å². The summed E-state index contributed by atoms with van der Waals surface area (Å²) in [7, 11) is 0. The monoisotopic (exact) mass is 195 g/mol. The molecular formula is H4CaCuMgZn. The van der Waals surface area contributed by atoms with Crippen molar-refractivity contribution in [3.63, 3.8) is 0 Å². The molecule has 0 aliphatic carbocycles. The first-order valence-corrected chi connectivity index (χ1v) is 0. The average Bonchev–Trinajstić information content (AvgIpc) is 0. The van der Waals surface area contributed by atoms with Gasteiger partial charge in [-0.3, -0.25) is 0 Å². The van der Waals surface area contributed by atoms with Gasteiger partial charge in [0.05, 0.1) is 0 Å². The molecule has 0 aromatic rings. The molecule has 4 heteroatoms. The fourth-order valence-electron chi connectivity index (χ4n) is 0. The maximum Gasteiger partial charge on any atom is 0.316 e. The molecule has 0 atom stereocenters. The summed E-state index contributed by atoms with van der Waals surface area (Å²) in [5.74, 6) is 0. The normalized spacial score (nSPS) is 0.